The van der Waals surface area contributed by atoms with E-state index in [2.05, 4.69) is 24.1 Å². The number of nitrogens with zero attached hydrogens (tertiary/aromatic N) is 2. The largest absolute Gasteiger partial charge is 0.496 e. The Bertz CT molecular complexity index is 501. The highest BCUT2D eigenvalue weighted by Gasteiger charge is 2.17. The summed E-state index contributed by atoms with van der Waals surface area (Å²) in [5, 5.41) is 13.5. The van der Waals surface area contributed by atoms with Gasteiger partial charge in [0.25, 0.3) is 11.6 Å². The van der Waals surface area contributed by atoms with Crippen LogP contribution in [-0.2, 0) is 0 Å². The lowest BCUT2D eigenvalue weighted by Gasteiger charge is -2.18. The molecule has 0 aliphatic rings. The maximum absolute atomic E-state index is 12.1. The first-order valence-electron chi connectivity index (χ1n) is 6.86. The zero-order chi connectivity index (χ0) is 15.8. The molecule has 0 spiro atoms. The highest BCUT2D eigenvalue weighted by molar-refractivity contribution is 5.97. The topological polar surface area (TPSA) is 84.7 Å². The number of methoxy groups -OCH3 is 1. The van der Waals surface area contributed by atoms with Crippen LogP contribution in [0.1, 0.15) is 24.2 Å². The highest BCUT2D eigenvalue weighted by Crippen LogP contribution is 2.23. The number of likely N-dealkylation sites (N-methyl/N-ethyl adjacent to an activating group) is 1. The molecule has 0 aromatic heterocycles. The van der Waals surface area contributed by atoms with Crippen molar-refractivity contribution in [2.45, 2.75) is 13.8 Å². The van der Waals surface area contributed by atoms with Crippen molar-refractivity contribution >= 4 is 11.6 Å². The van der Waals surface area contributed by atoms with Gasteiger partial charge in [0, 0.05) is 25.2 Å². The number of benzene rings is 1. The van der Waals surface area contributed by atoms with Crippen LogP contribution in [0.15, 0.2) is 18.2 Å². The van der Waals surface area contributed by atoms with Gasteiger partial charge in [0.05, 0.1) is 17.6 Å². The molecule has 0 atom stereocenters. The summed E-state index contributed by atoms with van der Waals surface area (Å²) in [6.07, 6.45) is 0. The van der Waals surface area contributed by atoms with Gasteiger partial charge < -0.3 is 15.0 Å². The Morgan fingerprint density at radius 3 is 2.57 bits per heavy atom. The van der Waals surface area contributed by atoms with E-state index in [1.165, 1.54) is 25.3 Å². The van der Waals surface area contributed by atoms with Crippen LogP contribution in [-0.4, -0.2) is 49.0 Å². The summed E-state index contributed by atoms with van der Waals surface area (Å²) in [5.41, 5.74) is 0.0379. The molecule has 0 radical (unpaired) electrons. The number of amides is 1. The molecular formula is C14H21N3O4. The smallest absolute Gasteiger partial charge is 0.270 e. The lowest BCUT2D eigenvalue weighted by Crippen LogP contribution is -2.34. The van der Waals surface area contributed by atoms with Gasteiger partial charge in [-0.25, -0.2) is 0 Å². The van der Waals surface area contributed by atoms with Crippen LogP contribution >= 0.6 is 0 Å². The standard InChI is InChI=1S/C14H21N3O4/c1-4-16(5-2)9-8-15-14(18)12-10-11(17(19)20)6-7-13(12)21-3/h6-7,10H,4-5,8-9H2,1-3H3,(H,15,18). The van der Waals surface area contributed by atoms with E-state index >= 15 is 0 Å². The average molecular weight is 295 g/mol. The Balaban J connectivity index is 2.76. The molecule has 0 bridgehead atoms. The minimum Gasteiger partial charge on any atom is -0.496 e. The summed E-state index contributed by atoms with van der Waals surface area (Å²) in [7, 11) is 1.42. The number of hydrogen-bond donors (Lipinski definition) is 1. The molecule has 21 heavy (non-hydrogen) atoms. The van der Waals surface area contributed by atoms with Gasteiger partial charge in [0.1, 0.15) is 5.75 Å². The second-order valence-electron chi connectivity index (χ2n) is 4.42. The molecule has 116 valence electrons. The number of non-ortho nitro benzene ring substituents is 1. The van der Waals surface area contributed by atoms with E-state index in [0.29, 0.717) is 12.3 Å². The van der Waals surface area contributed by atoms with Crippen molar-refractivity contribution in [1.29, 1.82) is 0 Å². The molecule has 1 aromatic carbocycles. The molecule has 0 unspecified atom stereocenters. The molecule has 1 aromatic rings. The monoisotopic (exact) mass is 295 g/mol. The third-order valence-electron chi connectivity index (χ3n) is 3.25. The van der Waals surface area contributed by atoms with Crippen LogP contribution < -0.4 is 10.1 Å². The lowest BCUT2D eigenvalue weighted by molar-refractivity contribution is -0.384. The maximum atomic E-state index is 12.1. The fraction of sp³-hybridized carbons (Fsp3) is 0.500. The molecule has 1 rings (SSSR count). The van der Waals surface area contributed by atoms with E-state index < -0.39 is 4.92 Å². The summed E-state index contributed by atoms with van der Waals surface area (Å²) in [4.78, 5) is 24.5. The van der Waals surface area contributed by atoms with E-state index in [0.717, 1.165) is 19.6 Å². The molecule has 0 aliphatic carbocycles. The maximum Gasteiger partial charge on any atom is 0.270 e. The molecule has 0 saturated carbocycles. The van der Waals surface area contributed by atoms with Gasteiger partial charge in [-0.3, -0.25) is 14.9 Å². The summed E-state index contributed by atoms with van der Waals surface area (Å²) in [5.74, 6) is -0.0522. The zero-order valence-corrected chi connectivity index (χ0v) is 12.6. The fourth-order valence-corrected chi connectivity index (χ4v) is 1.95. The highest BCUT2D eigenvalue weighted by atomic mass is 16.6. The minimum absolute atomic E-state index is 0.135. The molecule has 0 saturated heterocycles. The molecule has 7 nitrogen and oxygen atoms in total. The first-order chi connectivity index (χ1) is 10.0. The van der Waals surface area contributed by atoms with E-state index in [4.69, 9.17) is 4.74 Å². The van der Waals surface area contributed by atoms with E-state index in [9.17, 15) is 14.9 Å². The first kappa shape index (κ1) is 16.9. The molecular weight excluding hydrogens is 274 g/mol. The predicted molar refractivity (Wildman–Crippen MR) is 79.8 cm³/mol. The second kappa shape index (κ2) is 8.21. The molecule has 1 amide bonds. The number of ether oxygens (including phenoxy) is 1. The Hall–Kier alpha value is -2.15. The summed E-state index contributed by atoms with van der Waals surface area (Å²) >= 11 is 0. The number of nitrogens with one attached hydrogen (secondary N) is 1. The van der Waals surface area contributed by atoms with Crippen molar-refractivity contribution in [1.82, 2.24) is 10.2 Å². The Labute approximate surface area is 124 Å². The quantitative estimate of drug-likeness (QED) is 0.582. The van der Waals surface area contributed by atoms with Crippen molar-refractivity contribution < 1.29 is 14.5 Å². The van der Waals surface area contributed by atoms with E-state index in [1.54, 1.807) is 0 Å². The molecule has 0 aliphatic heterocycles. The number of carbonyl (C=O) groups excluding carboxylic acids is 1. The van der Waals surface area contributed by atoms with Crippen molar-refractivity contribution in [3.8, 4) is 5.75 Å². The van der Waals surface area contributed by atoms with Crippen LogP contribution in [0.2, 0.25) is 0 Å². The molecule has 0 fully saturated rings. The number of nitro benzene ring substituents is 1. The van der Waals surface area contributed by atoms with Crippen molar-refractivity contribution in [3.05, 3.63) is 33.9 Å². The van der Waals surface area contributed by atoms with Gasteiger partial charge in [0.15, 0.2) is 0 Å². The average Bonchev–Trinajstić information content (AvgIpc) is 2.50. The zero-order valence-electron chi connectivity index (χ0n) is 12.6. The fourth-order valence-electron chi connectivity index (χ4n) is 1.95. The van der Waals surface area contributed by atoms with Crippen LogP contribution in [0.5, 0.6) is 5.75 Å². The summed E-state index contributed by atoms with van der Waals surface area (Å²) in [6.45, 7) is 7.13. The Morgan fingerprint density at radius 2 is 2.05 bits per heavy atom. The van der Waals surface area contributed by atoms with Crippen molar-refractivity contribution in [2.75, 3.05) is 33.3 Å². The molecule has 0 heterocycles. The first-order valence-corrected chi connectivity index (χ1v) is 6.86. The van der Waals surface area contributed by atoms with Gasteiger partial charge in [-0.15, -0.1) is 0 Å². The van der Waals surface area contributed by atoms with Crippen molar-refractivity contribution in [3.63, 3.8) is 0 Å². The third kappa shape index (κ3) is 4.71. The van der Waals surface area contributed by atoms with Crippen LogP contribution in [0.25, 0.3) is 0 Å². The lowest BCUT2D eigenvalue weighted by atomic mass is 10.1. The van der Waals surface area contributed by atoms with Crippen LogP contribution in [0.4, 0.5) is 5.69 Å². The van der Waals surface area contributed by atoms with Gasteiger partial charge >= 0.3 is 0 Å². The second-order valence-corrected chi connectivity index (χ2v) is 4.42. The Morgan fingerprint density at radius 1 is 1.38 bits per heavy atom. The van der Waals surface area contributed by atoms with Crippen LogP contribution in [0.3, 0.4) is 0 Å². The summed E-state index contributed by atoms with van der Waals surface area (Å²) in [6, 6.07) is 3.97. The molecule has 1 N–H and O–H groups in total. The predicted octanol–water partition coefficient (Wildman–Crippen LogP) is 1.67. The Kier molecular flexibility index (Phi) is 6.61. The van der Waals surface area contributed by atoms with Gasteiger partial charge in [-0.1, -0.05) is 13.8 Å². The van der Waals surface area contributed by atoms with Gasteiger partial charge in [0.2, 0.25) is 0 Å². The number of carbonyl (C=O) groups is 1. The SMILES string of the molecule is CCN(CC)CCNC(=O)c1cc([N+](=O)[O-])ccc1OC. The van der Waals surface area contributed by atoms with E-state index in [-0.39, 0.29) is 17.2 Å². The summed E-state index contributed by atoms with van der Waals surface area (Å²) < 4.78 is 5.08. The van der Waals surface area contributed by atoms with Gasteiger partial charge in [-0.05, 0) is 19.2 Å². The van der Waals surface area contributed by atoms with Crippen molar-refractivity contribution in [2.24, 2.45) is 0 Å². The number of nitro groups is 1. The number of hydrogen-bond acceptors (Lipinski definition) is 5. The number of rotatable bonds is 8. The minimum atomic E-state index is -0.536. The van der Waals surface area contributed by atoms with Gasteiger partial charge in [-0.2, -0.15) is 0 Å². The third-order valence-corrected chi connectivity index (χ3v) is 3.25. The van der Waals surface area contributed by atoms with Crippen LogP contribution in [0, 0.1) is 10.1 Å². The normalized spacial score (nSPS) is 10.5. The van der Waals surface area contributed by atoms with E-state index in [1.807, 2.05) is 0 Å². The molecule has 7 heteroatoms.